The first-order valence-corrected chi connectivity index (χ1v) is 10.9. The Labute approximate surface area is 167 Å². The van der Waals surface area contributed by atoms with E-state index in [1.165, 1.54) is 32.1 Å². The number of carbonyl (C=O) groups excluding carboxylic acids is 2. The SMILES string of the molecule is O=C(O)CC1CN(C(=O)C2CCC(NC(=O)CC3CCCCC3)CC2)CCO1. The van der Waals surface area contributed by atoms with Crippen LogP contribution in [0.4, 0.5) is 0 Å². The number of morpholine rings is 1. The van der Waals surface area contributed by atoms with Crippen LogP contribution in [0.1, 0.15) is 70.6 Å². The fourth-order valence-corrected chi connectivity index (χ4v) is 4.92. The zero-order valence-electron chi connectivity index (χ0n) is 16.7. The van der Waals surface area contributed by atoms with E-state index in [0.717, 1.165) is 25.7 Å². The summed E-state index contributed by atoms with van der Waals surface area (Å²) in [4.78, 5) is 37.8. The summed E-state index contributed by atoms with van der Waals surface area (Å²) in [6.45, 7) is 1.30. The predicted octanol–water partition coefficient (Wildman–Crippen LogP) is 2.33. The molecule has 0 aromatic heterocycles. The van der Waals surface area contributed by atoms with Crippen LogP contribution in [0.25, 0.3) is 0 Å². The molecule has 1 unspecified atom stereocenters. The highest BCUT2D eigenvalue weighted by Crippen LogP contribution is 2.29. The van der Waals surface area contributed by atoms with Crippen molar-refractivity contribution in [3.63, 3.8) is 0 Å². The van der Waals surface area contributed by atoms with Crippen molar-refractivity contribution < 1.29 is 24.2 Å². The maximum Gasteiger partial charge on any atom is 0.306 e. The van der Waals surface area contributed by atoms with E-state index in [4.69, 9.17) is 9.84 Å². The van der Waals surface area contributed by atoms with Gasteiger partial charge in [0.15, 0.2) is 0 Å². The molecule has 0 spiro atoms. The Morgan fingerprint density at radius 2 is 1.68 bits per heavy atom. The second-order valence-corrected chi connectivity index (χ2v) is 8.70. The molecular formula is C21H34N2O5. The normalized spacial score (nSPS) is 29.3. The maximum absolute atomic E-state index is 12.8. The summed E-state index contributed by atoms with van der Waals surface area (Å²) in [5.74, 6) is -0.0809. The number of aliphatic carboxylic acids is 1. The second kappa shape index (κ2) is 10.2. The highest BCUT2D eigenvalue weighted by molar-refractivity contribution is 5.79. The Balaban J connectivity index is 1.38. The van der Waals surface area contributed by atoms with Crippen molar-refractivity contribution in [3.8, 4) is 0 Å². The third-order valence-corrected chi connectivity index (χ3v) is 6.49. The van der Waals surface area contributed by atoms with Crippen molar-refractivity contribution in [1.82, 2.24) is 10.2 Å². The lowest BCUT2D eigenvalue weighted by Gasteiger charge is -2.36. The quantitative estimate of drug-likeness (QED) is 0.721. The van der Waals surface area contributed by atoms with E-state index in [0.29, 0.717) is 32.0 Å². The van der Waals surface area contributed by atoms with Gasteiger partial charge in [-0.05, 0) is 44.4 Å². The zero-order valence-corrected chi connectivity index (χ0v) is 16.7. The molecule has 2 N–H and O–H groups in total. The van der Waals surface area contributed by atoms with Crippen LogP contribution in [-0.4, -0.2) is 59.6 Å². The molecule has 0 radical (unpaired) electrons. The molecular weight excluding hydrogens is 360 g/mol. The minimum absolute atomic E-state index is 0.0184. The van der Waals surface area contributed by atoms with Gasteiger partial charge in [0.05, 0.1) is 19.1 Å². The van der Waals surface area contributed by atoms with Crippen LogP contribution in [0.5, 0.6) is 0 Å². The monoisotopic (exact) mass is 394 g/mol. The van der Waals surface area contributed by atoms with E-state index in [1.54, 1.807) is 4.90 Å². The zero-order chi connectivity index (χ0) is 19.9. The van der Waals surface area contributed by atoms with Gasteiger partial charge in [-0.25, -0.2) is 0 Å². The van der Waals surface area contributed by atoms with Crippen LogP contribution in [-0.2, 0) is 19.1 Å². The van der Waals surface area contributed by atoms with Crippen LogP contribution in [0.3, 0.4) is 0 Å². The third kappa shape index (κ3) is 6.19. The highest BCUT2D eigenvalue weighted by atomic mass is 16.5. The van der Waals surface area contributed by atoms with Crippen molar-refractivity contribution >= 4 is 17.8 Å². The minimum Gasteiger partial charge on any atom is -0.481 e. The summed E-state index contributed by atoms with van der Waals surface area (Å²) in [6, 6.07) is 0.185. The Bertz CT molecular complexity index is 553. The van der Waals surface area contributed by atoms with Crippen LogP contribution < -0.4 is 5.32 Å². The number of ether oxygens (including phenoxy) is 1. The molecule has 28 heavy (non-hydrogen) atoms. The van der Waals surface area contributed by atoms with Crippen molar-refractivity contribution in [1.29, 1.82) is 0 Å². The fourth-order valence-electron chi connectivity index (χ4n) is 4.92. The lowest BCUT2D eigenvalue weighted by molar-refractivity contribution is -0.150. The number of nitrogens with zero attached hydrogens (tertiary/aromatic N) is 1. The van der Waals surface area contributed by atoms with Crippen molar-refractivity contribution in [3.05, 3.63) is 0 Å². The number of rotatable bonds is 6. The molecule has 7 nitrogen and oxygen atoms in total. The molecule has 3 rings (SSSR count). The molecule has 1 saturated heterocycles. The van der Waals surface area contributed by atoms with Gasteiger partial charge in [-0.2, -0.15) is 0 Å². The smallest absolute Gasteiger partial charge is 0.306 e. The third-order valence-electron chi connectivity index (χ3n) is 6.49. The molecule has 1 aliphatic heterocycles. The van der Waals surface area contributed by atoms with Crippen LogP contribution >= 0.6 is 0 Å². The summed E-state index contributed by atoms with van der Waals surface area (Å²) in [6.07, 6.45) is 9.59. The minimum atomic E-state index is -0.899. The largest absolute Gasteiger partial charge is 0.481 e. The summed E-state index contributed by atoms with van der Waals surface area (Å²) in [5.41, 5.74) is 0. The number of carboxylic acid groups (broad SMARTS) is 1. The summed E-state index contributed by atoms with van der Waals surface area (Å²) in [5, 5.41) is 12.1. The molecule has 158 valence electrons. The molecule has 1 atom stereocenters. The Morgan fingerprint density at radius 3 is 2.36 bits per heavy atom. The summed E-state index contributed by atoms with van der Waals surface area (Å²) < 4.78 is 5.46. The van der Waals surface area contributed by atoms with E-state index in [9.17, 15) is 14.4 Å². The van der Waals surface area contributed by atoms with E-state index in [1.807, 2.05) is 0 Å². The first-order chi connectivity index (χ1) is 13.5. The molecule has 0 aromatic rings. The van der Waals surface area contributed by atoms with E-state index in [2.05, 4.69) is 5.32 Å². The predicted molar refractivity (Wildman–Crippen MR) is 104 cm³/mol. The first-order valence-electron chi connectivity index (χ1n) is 10.9. The van der Waals surface area contributed by atoms with Crippen molar-refractivity contribution in [2.24, 2.45) is 11.8 Å². The molecule has 1 heterocycles. The molecule has 2 amide bonds. The van der Waals surface area contributed by atoms with Gasteiger partial charge in [-0.1, -0.05) is 19.3 Å². The molecule has 0 bridgehead atoms. The summed E-state index contributed by atoms with van der Waals surface area (Å²) >= 11 is 0. The highest BCUT2D eigenvalue weighted by Gasteiger charge is 2.33. The number of carbonyl (C=O) groups is 3. The lowest BCUT2D eigenvalue weighted by Crippen LogP contribution is -2.49. The topological polar surface area (TPSA) is 95.9 Å². The molecule has 0 aromatic carbocycles. The number of nitrogens with one attached hydrogen (secondary N) is 1. The number of carboxylic acids is 1. The number of hydrogen-bond acceptors (Lipinski definition) is 4. The van der Waals surface area contributed by atoms with Gasteiger partial charge < -0.3 is 20.1 Å². The first kappa shape index (κ1) is 21.1. The fraction of sp³-hybridized carbons (Fsp3) is 0.857. The van der Waals surface area contributed by atoms with Gasteiger partial charge in [0.25, 0.3) is 0 Å². The second-order valence-electron chi connectivity index (χ2n) is 8.70. The average Bonchev–Trinajstić information content (AvgIpc) is 2.68. The van der Waals surface area contributed by atoms with Crippen molar-refractivity contribution in [2.45, 2.75) is 82.8 Å². The summed E-state index contributed by atoms with van der Waals surface area (Å²) in [7, 11) is 0. The number of hydrogen-bond donors (Lipinski definition) is 2. The molecule has 3 fully saturated rings. The lowest BCUT2D eigenvalue weighted by atomic mass is 9.84. The van der Waals surface area contributed by atoms with Gasteiger partial charge in [0.1, 0.15) is 0 Å². The Morgan fingerprint density at radius 1 is 0.964 bits per heavy atom. The maximum atomic E-state index is 12.8. The molecule has 2 aliphatic carbocycles. The molecule has 2 saturated carbocycles. The van der Waals surface area contributed by atoms with E-state index in [-0.39, 0.29) is 30.2 Å². The van der Waals surface area contributed by atoms with Gasteiger partial charge in [-0.3, -0.25) is 14.4 Å². The Kier molecular flexibility index (Phi) is 7.71. The van der Waals surface area contributed by atoms with Gasteiger partial charge in [-0.15, -0.1) is 0 Å². The Hall–Kier alpha value is -1.63. The van der Waals surface area contributed by atoms with Gasteiger partial charge in [0.2, 0.25) is 11.8 Å². The van der Waals surface area contributed by atoms with Crippen LogP contribution in [0, 0.1) is 11.8 Å². The van der Waals surface area contributed by atoms with Crippen LogP contribution in [0.2, 0.25) is 0 Å². The van der Waals surface area contributed by atoms with Gasteiger partial charge in [0, 0.05) is 31.5 Å². The van der Waals surface area contributed by atoms with Crippen LogP contribution in [0.15, 0.2) is 0 Å². The standard InChI is InChI=1S/C21H34N2O5/c24-19(12-15-4-2-1-3-5-15)22-17-8-6-16(7-9-17)21(27)23-10-11-28-18(14-23)13-20(25)26/h15-18H,1-14H2,(H,22,24)(H,25,26). The molecule has 7 heteroatoms. The van der Waals surface area contributed by atoms with E-state index < -0.39 is 12.1 Å². The average molecular weight is 395 g/mol. The van der Waals surface area contributed by atoms with E-state index >= 15 is 0 Å². The van der Waals surface area contributed by atoms with Crippen molar-refractivity contribution in [2.75, 3.05) is 19.7 Å². The molecule has 3 aliphatic rings. The number of amides is 2. The van der Waals surface area contributed by atoms with Gasteiger partial charge >= 0.3 is 5.97 Å².